The summed E-state index contributed by atoms with van der Waals surface area (Å²) < 4.78 is 18.8. The van der Waals surface area contributed by atoms with Gasteiger partial charge in [-0.2, -0.15) is 0 Å². The molecule has 0 atom stereocenters. The lowest BCUT2D eigenvalue weighted by molar-refractivity contribution is -0.131. The molecule has 0 bridgehead atoms. The highest BCUT2D eigenvalue weighted by Gasteiger charge is 2.18. The molecule has 0 aliphatic carbocycles. The second-order valence-corrected chi connectivity index (χ2v) is 6.24. The van der Waals surface area contributed by atoms with Crippen LogP contribution in [0.4, 0.5) is 4.39 Å². The van der Waals surface area contributed by atoms with E-state index < -0.39 is 0 Å². The summed E-state index contributed by atoms with van der Waals surface area (Å²) in [6.07, 6.45) is 1.94. The van der Waals surface area contributed by atoms with Crippen molar-refractivity contribution in [3.8, 4) is 0 Å². The first-order valence-corrected chi connectivity index (χ1v) is 8.61. The lowest BCUT2D eigenvalue weighted by Gasteiger charge is -2.30. The van der Waals surface area contributed by atoms with Crippen LogP contribution in [0, 0.1) is 5.82 Å². The fourth-order valence-corrected chi connectivity index (χ4v) is 3.14. The van der Waals surface area contributed by atoms with Crippen LogP contribution in [0.1, 0.15) is 5.56 Å². The van der Waals surface area contributed by atoms with Crippen LogP contribution in [0.25, 0.3) is 10.9 Å². The van der Waals surface area contributed by atoms with Gasteiger partial charge >= 0.3 is 0 Å². The number of nitrogens with one attached hydrogen (secondary N) is 1. The van der Waals surface area contributed by atoms with E-state index in [1.165, 1.54) is 12.1 Å². The Morgan fingerprint density at radius 1 is 1.32 bits per heavy atom. The number of carbonyl (C=O) groups is 1. The van der Waals surface area contributed by atoms with Crippen molar-refractivity contribution in [2.45, 2.75) is 6.42 Å². The zero-order valence-corrected chi connectivity index (χ0v) is 14.2. The van der Waals surface area contributed by atoms with Crippen LogP contribution < -0.4 is 0 Å². The molecule has 2 heterocycles. The van der Waals surface area contributed by atoms with E-state index in [0.29, 0.717) is 13.1 Å². The van der Waals surface area contributed by atoms with Crippen LogP contribution in [0.3, 0.4) is 0 Å². The standard InChI is InChI=1S/C18H24FN3O3/c19-15-1-2-17-16(12-15)14(13-20-17)11-18(24)22(5-8-23)4-3-21-6-9-25-10-7-21/h1-2,12-13,20,23H,3-11H2. The number of benzene rings is 1. The van der Waals surface area contributed by atoms with Crippen molar-refractivity contribution in [2.24, 2.45) is 0 Å². The number of carbonyl (C=O) groups excluding carboxylic acids is 1. The van der Waals surface area contributed by atoms with E-state index in [2.05, 4.69) is 9.88 Å². The van der Waals surface area contributed by atoms with Gasteiger partial charge in [-0.15, -0.1) is 0 Å². The maximum Gasteiger partial charge on any atom is 0.227 e. The fourth-order valence-electron chi connectivity index (χ4n) is 3.14. The van der Waals surface area contributed by atoms with Crippen molar-refractivity contribution < 1.29 is 19.0 Å². The monoisotopic (exact) mass is 349 g/mol. The maximum absolute atomic E-state index is 13.5. The third kappa shape index (κ3) is 4.56. The van der Waals surface area contributed by atoms with E-state index in [-0.39, 0.29) is 24.8 Å². The number of halogens is 1. The highest BCUT2D eigenvalue weighted by molar-refractivity contribution is 5.89. The summed E-state index contributed by atoms with van der Waals surface area (Å²) in [4.78, 5) is 19.7. The summed E-state index contributed by atoms with van der Waals surface area (Å²) in [5.41, 5.74) is 1.58. The number of hydrogen-bond donors (Lipinski definition) is 2. The molecule has 1 saturated heterocycles. The van der Waals surface area contributed by atoms with E-state index in [1.54, 1.807) is 17.2 Å². The molecule has 0 unspecified atom stereocenters. The molecule has 1 aromatic heterocycles. The number of nitrogens with zero attached hydrogens (tertiary/aromatic N) is 2. The molecule has 1 aromatic carbocycles. The summed E-state index contributed by atoms with van der Waals surface area (Å²) in [5.74, 6) is -0.382. The van der Waals surface area contributed by atoms with E-state index in [0.717, 1.165) is 49.3 Å². The van der Waals surface area contributed by atoms with Gasteiger partial charge in [0.2, 0.25) is 5.91 Å². The van der Waals surface area contributed by atoms with Gasteiger partial charge in [-0.3, -0.25) is 9.69 Å². The van der Waals surface area contributed by atoms with E-state index in [9.17, 15) is 14.3 Å². The van der Waals surface area contributed by atoms with Gasteiger partial charge in [0.25, 0.3) is 0 Å². The third-order valence-electron chi connectivity index (χ3n) is 4.58. The minimum atomic E-state index is -0.319. The second-order valence-electron chi connectivity index (χ2n) is 6.24. The number of aliphatic hydroxyl groups is 1. The molecule has 136 valence electrons. The van der Waals surface area contributed by atoms with Crippen LogP contribution in [0.5, 0.6) is 0 Å². The minimum absolute atomic E-state index is 0.0625. The second kappa shape index (κ2) is 8.42. The predicted molar refractivity (Wildman–Crippen MR) is 92.9 cm³/mol. The number of H-pyrrole nitrogens is 1. The van der Waals surface area contributed by atoms with Gasteiger partial charge in [-0.1, -0.05) is 0 Å². The molecular weight excluding hydrogens is 325 g/mol. The van der Waals surface area contributed by atoms with Crippen LogP contribution in [-0.4, -0.2) is 78.3 Å². The Bertz CT molecular complexity index is 713. The van der Waals surface area contributed by atoms with Crippen molar-refractivity contribution in [3.63, 3.8) is 0 Å². The molecule has 0 spiro atoms. The predicted octanol–water partition coefficient (Wildman–Crippen LogP) is 1.00. The smallest absolute Gasteiger partial charge is 0.227 e. The van der Waals surface area contributed by atoms with Crippen LogP contribution in [0.15, 0.2) is 24.4 Å². The quantitative estimate of drug-likeness (QED) is 0.783. The zero-order chi connectivity index (χ0) is 17.6. The number of ether oxygens (including phenoxy) is 1. The van der Waals surface area contributed by atoms with E-state index >= 15 is 0 Å². The Labute approximate surface area is 146 Å². The van der Waals surface area contributed by atoms with Gasteiger partial charge in [0, 0.05) is 49.8 Å². The molecule has 2 N–H and O–H groups in total. The number of aromatic amines is 1. The average Bonchev–Trinajstić information content (AvgIpc) is 3.01. The van der Waals surface area contributed by atoms with Gasteiger partial charge in [0.1, 0.15) is 5.82 Å². The van der Waals surface area contributed by atoms with Gasteiger partial charge in [0.05, 0.1) is 26.2 Å². The lowest BCUT2D eigenvalue weighted by atomic mass is 10.1. The molecule has 3 rings (SSSR count). The molecule has 1 amide bonds. The molecule has 6 nitrogen and oxygen atoms in total. The van der Waals surface area contributed by atoms with Crippen molar-refractivity contribution >= 4 is 16.8 Å². The molecule has 1 aliphatic rings. The van der Waals surface area contributed by atoms with Crippen molar-refractivity contribution in [2.75, 3.05) is 52.5 Å². The summed E-state index contributed by atoms with van der Waals surface area (Å²) >= 11 is 0. The first-order valence-electron chi connectivity index (χ1n) is 8.61. The molecule has 2 aromatic rings. The average molecular weight is 349 g/mol. The van der Waals surface area contributed by atoms with Gasteiger partial charge < -0.3 is 19.7 Å². The van der Waals surface area contributed by atoms with E-state index in [4.69, 9.17) is 4.74 Å². The molecule has 25 heavy (non-hydrogen) atoms. The third-order valence-corrected chi connectivity index (χ3v) is 4.58. The topological polar surface area (TPSA) is 68.8 Å². The fraction of sp³-hybridized carbons (Fsp3) is 0.500. The number of aromatic nitrogens is 1. The van der Waals surface area contributed by atoms with Gasteiger partial charge in [0.15, 0.2) is 0 Å². The Morgan fingerprint density at radius 2 is 2.12 bits per heavy atom. The first-order chi connectivity index (χ1) is 12.2. The summed E-state index contributed by atoms with van der Waals surface area (Å²) in [5, 5.41) is 10.0. The lowest BCUT2D eigenvalue weighted by Crippen LogP contribution is -2.44. The highest BCUT2D eigenvalue weighted by Crippen LogP contribution is 2.20. The SMILES string of the molecule is O=C(Cc1c[nH]c2ccc(F)cc12)N(CCO)CCN1CCOCC1. The largest absolute Gasteiger partial charge is 0.395 e. The number of amides is 1. The van der Waals surface area contributed by atoms with Crippen LogP contribution in [0.2, 0.25) is 0 Å². The minimum Gasteiger partial charge on any atom is -0.395 e. The number of hydrogen-bond acceptors (Lipinski definition) is 4. The van der Waals surface area contributed by atoms with Crippen LogP contribution in [-0.2, 0) is 16.0 Å². The highest BCUT2D eigenvalue weighted by atomic mass is 19.1. The molecule has 0 radical (unpaired) electrons. The Hall–Kier alpha value is -1.96. The molecule has 1 fully saturated rings. The van der Waals surface area contributed by atoms with Crippen molar-refractivity contribution in [1.82, 2.24) is 14.8 Å². The Morgan fingerprint density at radius 3 is 2.88 bits per heavy atom. The van der Waals surface area contributed by atoms with Crippen molar-refractivity contribution in [1.29, 1.82) is 0 Å². The van der Waals surface area contributed by atoms with Crippen LogP contribution >= 0.6 is 0 Å². The molecule has 1 aliphatic heterocycles. The number of morpholine rings is 1. The Kier molecular flexibility index (Phi) is 6.01. The maximum atomic E-state index is 13.5. The zero-order valence-electron chi connectivity index (χ0n) is 14.2. The number of rotatable bonds is 7. The molecule has 7 heteroatoms. The number of fused-ring (bicyclic) bond motifs is 1. The summed E-state index contributed by atoms with van der Waals surface area (Å²) in [7, 11) is 0. The van der Waals surface area contributed by atoms with E-state index in [1.807, 2.05) is 0 Å². The van der Waals surface area contributed by atoms with Gasteiger partial charge in [-0.25, -0.2) is 4.39 Å². The van der Waals surface area contributed by atoms with Gasteiger partial charge in [-0.05, 0) is 23.8 Å². The number of aliphatic hydroxyl groups excluding tert-OH is 1. The molecular formula is C18H24FN3O3. The molecule has 0 saturated carbocycles. The van der Waals surface area contributed by atoms with Crippen molar-refractivity contribution in [3.05, 3.63) is 35.8 Å². The first kappa shape index (κ1) is 17.8. The summed E-state index contributed by atoms with van der Waals surface area (Å²) in [6.45, 7) is 4.72. The summed E-state index contributed by atoms with van der Waals surface area (Å²) in [6, 6.07) is 4.51. The normalized spacial score (nSPS) is 15.6. The Balaban J connectivity index is 1.63.